The maximum atomic E-state index is 15.4. The Labute approximate surface area is 249 Å². The Morgan fingerprint density at radius 3 is 2.63 bits per heavy atom. The number of aromatic hydroxyl groups is 1. The van der Waals surface area contributed by atoms with Crippen molar-refractivity contribution in [2.24, 2.45) is 0 Å². The van der Waals surface area contributed by atoms with Gasteiger partial charge in [0.1, 0.15) is 17.4 Å². The molecule has 4 aromatic rings. The second-order valence-corrected chi connectivity index (χ2v) is 11.7. The van der Waals surface area contributed by atoms with Crippen LogP contribution in [-0.2, 0) is 17.6 Å². The van der Waals surface area contributed by atoms with Crippen LogP contribution in [0.2, 0.25) is 0 Å². The van der Waals surface area contributed by atoms with E-state index in [-0.39, 0.29) is 29.2 Å². The number of aromatic nitrogens is 4. The molecule has 43 heavy (non-hydrogen) atoms. The first-order chi connectivity index (χ1) is 20.6. The number of hydrogen-bond acceptors (Lipinski definition) is 7. The van der Waals surface area contributed by atoms with E-state index in [1.165, 1.54) is 28.8 Å². The molecule has 1 unspecified atom stereocenters. The molecule has 222 valence electrons. The van der Waals surface area contributed by atoms with Gasteiger partial charge in [0.2, 0.25) is 5.91 Å². The number of nitrogens with zero attached hydrogens (tertiary/aromatic N) is 6. The van der Waals surface area contributed by atoms with Gasteiger partial charge in [0, 0.05) is 31.9 Å². The quantitative estimate of drug-likeness (QED) is 0.336. The number of benzene rings is 1. The highest BCUT2D eigenvalue weighted by atomic mass is 19.1. The molecule has 0 radical (unpaired) electrons. The lowest BCUT2D eigenvalue weighted by Crippen LogP contribution is -2.54. The number of halogens is 1. The predicted octanol–water partition coefficient (Wildman–Crippen LogP) is 4.83. The van der Waals surface area contributed by atoms with Gasteiger partial charge in [-0.25, -0.2) is 18.7 Å². The zero-order valence-electron chi connectivity index (χ0n) is 24.9. The smallest absolute Gasteiger partial charge is 0.355 e. The average Bonchev–Trinajstić information content (AvgIpc) is 3.47. The van der Waals surface area contributed by atoms with Gasteiger partial charge in [-0.15, -0.1) is 0 Å². The second kappa shape index (κ2) is 10.9. The summed E-state index contributed by atoms with van der Waals surface area (Å²) >= 11 is 0. The van der Waals surface area contributed by atoms with Crippen LogP contribution in [0.15, 0.2) is 47.9 Å². The van der Waals surface area contributed by atoms with Gasteiger partial charge in [0.15, 0.2) is 5.65 Å². The zero-order chi connectivity index (χ0) is 30.6. The molecule has 2 aliphatic rings. The van der Waals surface area contributed by atoms with Crippen LogP contribution < -0.4 is 10.6 Å². The van der Waals surface area contributed by atoms with Gasteiger partial charge < -0.3 is 14.9 Å². The summed E-state index contributed by atoms with van der Waals surface area (Å²) in [6, 6.07) is 5.93. The van der Waals surface area contributed by atoms with Crippen LogP contribution in [0, 0.1) is 12.7 Å². The van der Waals surface area contributed by atoms with E-state index in [0.29, 0.717) is 55.3 Å². The predicted molar refractivity (Wildman–Crippen MR) is 164 cm³/mol. The summed E-state index contributed by atoms with van der Waals surface area (Å²) in [5.74, 6) is -0.416. The van der Waals surface area contributed by atoms with Crippen molar-refractivity contribution in [2.75, 3.05) is 24.5 Å². The number of anilines is 1. The summed E-state index contributed by atoms with van der Waals surface area (Å²) in [6.45, 7) is 13.0. The third-order valence-corrected chi connectivity index (χ3v) is 8.61. The van der Waals surface area contributed by atoms with Crippen LogP contribution in [0.3, 0.4) is 0 Å². The summed E-state index contributed by atoms with van der Waals surface area (Å²) in [5, 5.41) is 11.6. The lowest BCUT2D eigenvalue weighted by atomic mass is 9.98. The molecule has 1 aliphatic heterocycles. The molecule has 3 aromatic heterocycles. The van der Waals surface area contributed by atoms with E-state index < -0.39 is 11.5 Å². The van der Waals surface area contributed by atoms with Crippen molar-refractivity contribution in [3.63, 3.8) is 0 Å². The van der Waals surface area contributed by atoms with Gasteiger partial charge in [-0.05, 0) is 80.0 Å². The number of pyridine rings is 2. The van der Waals surface area contributed by atoms with Crippen molar-refractivity contribution in [2.45, 2.75) is 58.9 Å². The van der Waals surface area contributed by atoms with Crippen molar-refractivity contribution in [3.05, 3.63) is 81.8 Å². The Kier molecular flexibility index (Phi) is 7.23. The minimum Gasteiger partial charge on any atom is -0.507 e. The average molecular weight is 583 g/mol. The van der Waals surface area contributed by atoms with E-state index >= 15 is 4.39 Å². The molecule has 1 saturated heterocycles. The molecule has 9 nitrogen and oxygen atoms in total. The topological polar surface area (TPSA) is 104 Å². The molecule has 10 heteroatoms. The summed E-state index contributed by atoms with van der Waals surface area (Å²) in [5.41, 5.74) is 4.15. The van der Waals surface area contributed by atoms with Gasteiger partial charge in [-0.2, -0.15) is 4.98 Å². The molecule has 6 rings (SSSR count). The van der Waals surface area contributed by atoms with E-state index in [2.05, 4.69) is 16.5 Å². The van der Waals surface area contributed by atoms with Crippen LogP contribution in [0.25, 0.3) is 28.0 Å². The molecule has 1 fully saturated rings. The van der Waals surface area contributed by atoms with Gasteiger partial charge >= 0.3 is 5.69 Å². The minimum absolute atomic E-state index is 0.00321. The summed E-state index contributed by atoms with van der Waals surface area (Å²) < 4.78 is 16.9. The normalized spacial score (nSPS) is 16.7. The monoisotopic (exact) mass is 582 g/mol. The third-order valence-electron chi connectivity index (χ3n) is 8.61. The molecule has 1 atom stereocenters. The van der Waals surface area contributed by atoms with Crippen molar-refractivity contribution in [3.8, 4) is 22.7 Å². The van der Waals surface area contributed by atoms with Crippen molar-refractivity contribution >= 4 is 22.8 Å². The first-order valence-corrected chi connectivity index (χ1v) is 14.7. The molecule has 1 N–H and O–H groups in total. The summed E-state index contributed by atoms with van der Waals surface area (Å²) in [7, 11) is 0. The summed E-state index contributed by atoms with van der Waals surface area (Å²) in [4.78, 5) is 44.8. The Bertz CT molecular complexity index is 1830. The molecule has 4 heterocycles. The minimum atomic E-state index is -0.582. The first-order valence-electron chi connectivity index (χ1n) is 14.7. The van der Waals surface area contributed by atoms with Crippen LogP contribution in [0.5, 0.6) is 5.75 Å². The second-order valence-electron chi connectivity index (χ2n) is 11.7. The number of carbonyl (C=O) groups excluding carboxylic acids is 1. The number of carbonyl (C=O) groups is 1. The highest BCUT2D eigenvalue weighted by molar-refractivity contribution is 5.96. The van der Waals surface area contributed by atoms with E-state index in [4.69, 9.17) is 9.97 Å². The summed E-state index contributed by atoms with van der Waals surface area (Å²) in [6.07, 6.45) is 5.20. The molecular formula is C33H35FN6O3. The van der Waals surface area contributed by atoms with E-state index in [1.54, 1.807) is 11.1 Å². The van der Waals surface area contributed by atoms with Crippen molar-refractivity contribution < 1.29 is 14.3 Å². The van der Waals surface area contributed by atoms with Crippen LogP contribution in [0.4, 0.5) is 10.2 Å². The standard InChI is InChI=1S/C33H35FN6O3/c1-6-25(42)38-15-16-39(20(5)17-38)31-26-21-9-7-10-22(21)29(27-23(34)11-8-12-24(27)41)36-32(26)40(33(43)37-31)30-19(4)13-14-35-28(30)18(2)3/h6,8,11-14,18,20,41H,1,7,9-10,15-17H2,2-5H3. The van der Waals surface area contributed by atoms with E-state index in [1.807, 2.05) is 33.8 Å². The Balaban J connectivity index is 1.71. The molecular weight excluding hydrogens is 547 g/mol. The van der Waals surface area contributed by atoms with E-state index in [9.17, 15) is 14.7 Å². The van der Waals surface area contributed by atoms with Crippen LogP contribution in [-0.4, -0.2) is 61.1 Å². The number of amides is 1. The number of aryl methyl sites for hydroxylation is 2. The fourth-order valence-electron chi connectivity index (χ4n) is 6.58. The number of rotatable bonds is 5. The van der Waals surface area contributed by atoms with Gasteiger partial charge in [-0.1, -0.05) is 26.5 Å². The first kappa shape index (κ1) is 28.5. The SMILES string of the molecule is C=CC(=O)N1CCN(c2nc(=O)n(-c3c(C)ccnc3C(C)C)c3nc(-c4c(O)cccc4F)c4c(c23)CCC4)C(C)C1. The fourth-order valence-corrected chi connectivity index (χ4v) is 6.58. The number of phenols is 1. The molecule has 1 aliphatic carbocycles. The number of piperazine rings is 1. The molecule has 1 aromatic carbocycles. The Morgan fingerprint density at radius 1 is 1.16 bits per heavy atom. The fraction of sp³-hybridized carbons (Fsp3) is 0.364. The van der Waals surface area contributed by atoms with Gasteiger partial charge in [0.05, 0.1) is 28.0 Å². The lowest BCUT2D eigenvalue weighted by molar-refractivity contribution is -0.126. The molecule has 0 spiro atoms. The molecule has 1 amide bonds. The Morgan fingerprint density at radius 2 is 1.93 bits per heavy atom. The Hall–Kier alpha value is -4.60. The van der Waals surface area contributed by atoms with E-state index in [0.717, 1.165) is 34.2 Å². The van der Waals surface area contributed by atoms with Gasteiger partial charge in [-0.3, -0.25) is 9.78 Å². The highest BCUT2D eigenvalue weighted by Gasteiger charge is 2.33. The van der Waals surface area contributed by atoms with Crippen LogP contribution in [0.1, 0.15) is 55.5 Å². The van der Waals surface area contributed by atoms with Crippen molar-refractivity contribution in [1.82, 2.24) is 24.4 Å². The zero-order valence-corrected chi connectivity index (χ0v) is 24.9. The lowest BCUT2D eigenvalue weighted by Gasteiger charge is -2.40. The molecule has 0 bridgehead atoms. The number of hydrogen-bond donors (Lipinski definition) is 1. The molecule has 0 saturated carbocycles. The maximum Gasteiger partial charge on any atom is 0.355 e. The number of fused-ring (bicyclic) bond motifs is 3. The van der Waals surface area contributed by atoms with Crippen molar-refractivity contribution in [1.29, 1.82) is 0 Å². The third kappa shape index (κ3) is 4.65. The maximum absolute atomic E-state index is 15.4. The largest absolute Gasteiger partial charge is 0.507 e. The number of phenolic OH excluding ortho intramolecular Hbond substituents is 1. The van der Waals surface area contributed by atoms with Crippen LogP contribution >= 0.6 is 0 Å². The highest BCUT2D eigenvalue weighted by Crippen LogP contribution is 2.43. The van der Waals surface area contributed by atoms with Gasteiger partial charge in [0.25, 0.3) is 0 Å².